The van der Waals surface area contributed by atoms with Crippen molar-refractivity contribution in [3.8, 4) is 0 Å². The van der Waals surface area contributed by atoms with Gasteiger partial charge in [0.25, 0.3) is 0 Å². The van der Waals surface area contributed by atoms with Crippen molar-refractivity contribution in [2.45, 2.75) is 6.04 Å². The highest BCUT2D eigenvalue weighted by Gasteiger charge is 2.26. The van der Waals surface area contributed by atoms with Crippen LogP contribution >= 0.6 is 11.6 Å². The van der Waals surface area contributed by atoms with Gasteiger partial charge in [-0.1, -0.05) is 36.9 Å². The molecule has 0 aliphatic carbocycles. The Kier molecular flexibility index (Phi) is 4.81. The molecule has 0 spiro atoms. The molecule has 0 N–H and O–H groups in total. The van der Waals surface area contributed by atoms with Gasteiger partial charge in [-0.25, -0.2) is 0 Å². The summed E-state index contributed by atoms with van der Waals surface area (Å²) < 4.78 is 0. The Morgan fingerprint density at radius 2 is 2.06 bits per heavy atom. The summed E-state index contributed by atoms with van der Waals surface area (Å²) in [5, 5.41) is 0. The van der Waals surface area contributed by atoms with E-state index >= 15 is 0 Å². The van der Waals surface area contributed by atoms with Crippen molar-refractivity contribution in [1.82, 2.24) is 9.80 Å². The predicted octanol–water partition coefficient (Wildman–Crippen LogP) is 2.77. The van der Waals surface area contributed by atoms with Gasteiger partial charge in [0.15, 0.2) is 0 Å². The van der Waals surface area contributed by atoms with Gasteiger partial charge < -0.3 is 4.90 Å². The maximum Gasteiger partial charge on any atom is 0.0479 e. The summed E-state index contributed by atoms with van der Waals surface area (Å²) in [5.41, 5.74) is 2.48. The maximum atomic E-state index is 5.86. The molecule has 2 rings (SSSR count). The van der Waals surface area contributed by atoms with Crippen molar-refractivity contribution in [3.05, 3.63) is 48.0 Å². The quantitative estimate of drug-likeness (QED) is 0.610. The van der Waals surface area contributed by atoms with Gasteiger partial charge >= 0.3 is 0 Å². The van der Waals surface area contributed by atoms with Crippen LogP contribution in [0, 0.1) is 0 Å². The third-order valence-electron chi connectivity index (χ3n) is 3.49. The summed E-state index contributed by atoms with van der Waals surface area (Å²) in [6.07, 6.45) is 0. The highest BCUT2D eigenvalue weighted by atomic mass is 35.5. The van der Waals surface area contributed by atoms with Crippen molar-refractivity contribution in [1.29, 1.82) is 0 Å². The molecule has 98 valence electrons. The first kappa shape index (κ1) is 13.6. The number of nitrogens with zero attached hydrogens (tertiary/aromatic N) is 2. The molecule has 1 saturated heterocycles. The standard InChI is InChI=1S/C15H21ClN2/c1-13(10-16)11-18-9-8-17(2)12-15(18)14-6-4-3-5-7-14/h3-7,15H,1,8-12H2,2H3. The summed E-state index contributed by atoms with van der Waals surface area (Å²) in [4.78, 5) is 4.87. The minimum absolute atomic E-state index is 0.449. The summed E-state index contributed by atoms with van der Waals surface area (Å²) in [5.74, 6) is 0.549. The zero-order valence-electron chi connectivity index (χ0n) is 11.0. The molecule has 1 heterocycles. The monoisotopic (exact) mass is 264 g/mol. The molecule has 0 bridgehead atoms. The van der Waals surface area contributed by atoms with Crippen LogP contribution in [0.1, 0.15) is 11.6 Å². The molecule has 0 radical (unpaired) electrons. The second-order valence-corrected chi connectivity index (χ2v) is 5.31. The van der Waals surface area contributed by atoms with Crippen LogP contribution in [0.15, 0.2) is 42.5 Å². The molecule has 1 aliphatic heterocycles. The molecule has 1 atom stereocenters. The van der Waals surface area contributed by atoms with Gasteiger partial charge in [0.1, 0.15) is 0 Å². The van der Waals surface area contributed by atoms with Gasteiger partial charge in [0.05, 0.1) is 0 Å². The number of hydrogen-bond donors (Lipinski definition) is 0. The summed E-state index contributed by atoms with van der Waals surface area (Å²) >= 11 is 5.86. The van der Waals surface area contributed by atoms with Gasteiger partial charge in [0.2, 0.25) is 0 Å². The Labute approximate surface area is 115 Å². The van der Waals surface area contributed by atoms with Crippen LogP contribution in [0.5, 0.6) is 0 Å². The van der Waals surface area contributed by atoms with Crippen molar-refractivity contribution in [2.24, 2.45) is 0 Å². The van der Waals surface area contributed by atoms with Crippen LogP contribution in [0.2, 0.25) is 0 Å². The fourth-order valence-corrected chi connectivity index (χ4v) is 2.55. The summed E-state index contributed by atoms with van der Waals surface area (Å²) in [7, 11) is 2.18. The smallest absolute Gasteiger partial charge is 0.0479 e. The molecular formula is C15H21ClN2. The Morgan fingerprint density at radius 3 is 2.72 bits per heavy atom. The van der Waals surface area contributed by atoms with E-state index in [1.54, 1.807) is 0 Å². The van der Waals surface area contributed by atoms with E-state index in [4.69, 9.17) is 11.6 Å². The van der Waals surface area contributed by atoms with Crippen molar-refractivity contribution >= 4 is 11.6 Å². The van der Waals surface area contributed by atoms with Crippen LogP contribution in [0.25, 0.3) is 0 Å². The number of rotatable bonds is 4. The summed E-state index contributed by atoms with van der Waals surface area (Å²) in [6, 6.07) is 11.2. The normalized spacial score (nSPS) is 22.0. The third-order valence-corrected chi connectivity index (χ3v) is 3.87. The number of piperazine rings is 1. The first-order valence-corrected chi connectivity index (χ1v) is 6.94. The Balaban J connectivity index is 2.13. The van der Waals surface area contributed by atoms with Gasteiger partial charge in [-0.15, -0.1) is 11.6 Å². The van der Waals surface area contributed by atoms with E-state index in [2.05, 4.69) is 53.8 Å². The average molecular weight is 265 g/mol. The molecule has 0 amide bonds. The third kappa shape index (κ3) is 3.35. The summed E-state index contributed by atoms with van der Waals surface area (Å²) in [6.45, 7) is 8.18. The van der Waals surface area contributed by atoms with E-state index in [-0.39, 0.29) is 0 Å². The first-order chi connectivity index (χ1) is 8.70. The number of alkyl halides is 1. The van der Waals surface area contributed by atoms with E-state index < -0.39 is 0 Å². The van der Waals surface area contributed by atoms with Gasteiger partial charge in [-0.05, 0) is 18.2 Å². The van der Waals surface area contributed by atoms with E-state index in [9.17, 15) is 0 Å². The molecule has 0 aromatic heterocycles. The molecular weight excluding hydrogens is 244 g/mol. The lowest BCUT2D eigenvalue weighted by molar-refractivity contribution is 0.0989. The van der Waals surface area contributed by atoms with E-state index in [1.165, 1.54) is 5.56 Å². The van der Waals surface area contributed by atoms with E-state index in [1.807, 2.05) is 0 Å². The Bertz CT molecular complexity index is 391. The van der Waals surface area contributed by atoms with Gasteiger partial charge in [0, 0.05) is 38.1 Å². The number of benzene rings is 1. The lowest BCUT2D eigenvalue weighted by Gasteiger charge is -2.40. The Hall–Kier alpha value is -0.830. The number of likely N-dealkylation sites (N-methyl/N-ethyl adjacent to an activating group) is 1. The van der Waals surface area contributed by atoms with Crippen molar-refractivity contribution in [2.75, 3.05) is 39.1 Å². The average Bonchev–Trinajstić information content (AvgIpc) is 2.41. The van der Waals surface area contributed by atoms with Crippen LogP contribution in [0.4, 0.5) is 0 Å². The van der Waals surface area contributed by atoms with Crippen molar-refractivity contribution in [3.63, 3.8) is 0 Å². The zero-order valence-corrected chi connectivity index (χ0v) is 11.7. The molecule has 1 aromatic rings. The minimum atomic E-state index is 0.449. The Morgan fingerprint density at radius 1 is 1.33 bits per heavy atom. The van der Waals surface area contributed by atoms with Crippen LogP contribution < -0.4 is 0 Å². The molecule has 18 heavy (non-hydrogen) atoms. The molecule has 1 fully saturated rings. The topological polar surface area (TPSA) is 6.48 Å². The fraction of sp³-hybridized carbons (Fsp3) is 0.467. The lowest BCUT2D eigenvalue weighted by Crippen LogP contribution is -2.47. The first-order valence-electron chi connectivity index (χ1n) is 6.41. The number of hydrogen-bond acceptors (Lipinski definition) is 2. The highest BCUT2D eigenvalue weighted by Crippen LogP contribution is 2.25. The second kappa shape index (κ2) is 6.37. The minimum Gasteiger partial charge on any atom is -0.303 e. The van der Waals surface area contributed by atoms with Crippen LogP contribution in [-0.2, 0) is 0 Å². The van der Waals surface area contributed by atoms with Crippen molar-refractivity contribution < 1.29 is 0 Å². The van der Waals surface area contributed by atoms with Gasteiger partial charge in [-0.2, -0.15) is 0 Å². The van der Waals surface area contributed by atoms with E-state index in [0.717, 1.165) is 31.8 Å². The maximum absolute atomic E-state index is 5.86. The van der Waals surface area contributed by atoms with Crippen LogP contribution in [-0.4, -0.2) is 48.9 Å². The lowest BCUT2D eigenvalue weighted by atomic mass is 10.0. The molecule has 3 heteroatoms. The zero-order chi connectivity index (χ0) is 13.0. The van der Waals surface area contributed by atoms with Gasteiger partial charge in [-0.3, -0.25) is 4.90 Å². The largest absolute Gasteiger partial charge is 0.303 e. The van der Waals surface area contributed by atoms with E-state index in [0.29, 0.717) is 11.9 Å². The molecule has 1 unspecified atom stereocenters. The predicted molar refractivity (Wildman–Crippen MR) is 78.1 cm³/mol. The van der Waals surface area contributed by atoms with Crippen LogP contribution in [0.3, 0.4) is 0 Å². The second-order valence-electron chi connectivity index (χ2n) is 5.04. The number of halogens is 1. The molecule has 1 aromatic carbocycles. The SMILES string of the molecule is C=C(CCl)CN1CCN(C)CC1c1ccccc1. The fourth-order valence-electron chi connectivity index (χ4n) is 2.47. The molecule has 1 aliphatic rings. The highest BCUT2D eigenvalue weighted by molar-refractivity contribution is 6.19. The molecule has 0 saturated carbocycles. The molecule has 2 nitrogen and oxygen atoms in total.